The van der Waals surface area contributed by atoms with Crippen LogP contribution in [0.3, 0.4) is 0 Å². The zero-order valence-corrected chi connectivity index (χ0v) is 22.8. The van der Waals surface area contributed by atoms with Gasteiger partial charge in [0, 0.05) is 18.5 Å². The van der Waals surface area contributed by atoms with Crippen LogP contribution in [0.1, 0.15) is 48.0 Å². The van der Waals surface area contributed by atoms with Gasteiger partial charge in [0.05, 0.1) is 23.7 Å². The Hall–Kier alpha value is -4.16. The van der Waals surface area contributed by atoms with Crippen molar-refractivity contribution in [3.63, 3.8) is 0 Å². The Morgan fingerprint density at radius 1 is 1.07 bits per heavy atom. The lowest BCUT2D eigenvalue weighted by Crippen LogP contribution is -2.64. The number of fused-ring (bicyclic) bond motifs is 1. The average molecular weight is 584 g/mol. The van der Waals surface area contributed by atoms with E-state index < -0.39 is 48.1 Å². The highest BCUT2D eigenvalue weighted by Crippen LogP contribution is 2.27. The number of amides is 4. The third-order valence-electron chi connectivity index (χ3n) is 7.28. The minimum absolute atomic E-state index is 0.00435. The molecule has 0 spiro atoms. The van der Waals surface area contributed by atoms with Gasteiger partial charge in [-0.2, -0.15) is 0 Å². The maximum absolute atomic E-state index is 13.7. The Balaban J connectivity index is 1.29. The number of cyclic esters (lactones) is 1. The van der Waals surface area contributed by atoms with E-state index in [4.69, 9.17) is 26.8 Å². The molecule has 0 aromatic heterocycles. The molecule has 4 N–H and O–H groups in total. The van der Waals surface area contributed by atoms with Crippen LogP contribution in [-0.2, 0) is 35.3 Å². The van der Waals surface area contributed by atoms with E-state index in [9.17, 15) is 24.0 Å². The van der Waals surface area contributed by atoms with E-state index in [2.05, 4.69) is 10.6 Å². The Labute approximate surface area is 241 Å². The normalized spacial score (nSPS) is 24.4. The van der Waals surface area contributed by atoms with E-state index in [0.29, 0.717) is 12.1 Å². The molecule has 3 fully saturated rings. The van der Waals surface area contributed by atoms with Crippen LogP contribution in [0.2, 0.25) is 5.02 Å². The molecule has 216 valence electrons. The van der Waals surface area contributed by atoms with Crippen molar-refractivity contribution in [2.45, 2.75) is 63.1 Å². The molecule has 0 bridgehead atoms. The number of nitrogens with two attached hydrogens (primary N) is 1. The summed E-state index contributed by atoms with van der Waals surface area (Å²) in [4.78, 5) is 65.3. The number of nitrogen functional groups attached to an aromatic ring is 1. The van der Waals surface area contributed by atoms with Gasteiger partial charge in [-0.05, 0) is 43.0 Å². The van der Waals surface area contributed by atoms with Crippen molar-refractivity contribution in [3.8, 4) is 0 Å². The summed E-state index contributed by atoms with van der Waals surface area (Å²) < 4.78 is 11.1. The Morgan fingerprint density at radius 3 is 2.61 bits per heavy atom. The number of rotatable bonds is 7. The van der Waals surface area contributed by atoms with E-state index in [-0.39, 0.29) is 55.3 Å². The second-order valence-electron chi connectivity index (χ2n) is 10.1. The molecule has 0 radical (unpaired) electrons. The fourth-order valence-electron chi connectivity index (χ4n) is 5.15. The molecule has 4 atom stereocenters. The molecule has 3 saturated heterocycles. The maximum atomic E-state index is 13.7. The molecule has 3 heterocycles. The first-order valence-corrected chi connectivity index (χ1v) is 13.7. The minimum atomic E-state index is -1.06. The summed E-state index contributed by atoms with van der Waals surface area (Å²) in [6.07, 6.45) is -0.267. The minimum Gasteiger partial charge on any atom is -0.433 e. The molecule has 4 amide bonds. The first-order valence-electron chi connectivity index (χ1n) is 13.4. The highest BCUT2D eigenvalue weighted by Gasteiger charge is 2.46. The van der Waals surface area contributed by atoms with Crippen molar-refractivity contribution in [2.75, 3.05) is 12.3 Å². The number of halogens is 1. The fraction of sp³-hybridized carbons (Fsp3) is 0.393. The number of hydrogen-bond acceptors (Lipinski definition) is 8. The summed E-state index contributed by atoms with van der Waals surface area (Å²) in [5.74, 6) is -2.55. The van der Waals surface area contributed by atoms with Crippen LogP contribution in [0, 0.1) is 0 Å². The van der Waals surface area contributed by atoms with Gasteiger partial charge in [0.15, 0.2) is 0 Å². The Morgan fingerprint density at radius 2 is 1.85 bits per heavy atom. The average Bonchev–Trinajstić information content (AvgIpc) is 3.27. The SMILES string of the molecule is Nc1ccc(C(=O)N[C@H]2CCC(=O)N3CCC[C@@H](C(=O)N[C@H]4CC(=O)OC4OCc4ccccc4)N3C2=O)cc1Cl. The van der Waals surface area contributed by atoms with Gasteiger partial charge in [0.1, 0.15) is 18.1 Å². The smallest absolute Gasteiger partial charge is 0.310 e. The van der Waals surface area contributed by atoms with Crippen molar-refractivity contribution in [3.05, 3.63) is 64.7 Å². The van der Waals surface area contributed by atoms with E-state index in [1.165, 1.54) is 23.2 Å². The maximum Gasteiger partial charge on any atom is 0.310 e. The number of benzene rings is 2. The summed E-state index contributed by atoms with van der Waals surface area (Å²) in [6, 6.07) is 10.8. The second-order valence-corrected chi connectivity index (χ2v) is 10.5. The summed E-state index contributed by atoms with van der Waals surface area (Å²) >= 11 is 6.04. The predicted octanol–water partition coefficient (Wildman–Crippen LogP) is 1.52. The van der Waals surface area contributed by atoms with Crippen molar-refractivity contribution in [1.29, 1.82) is 0 Å². The quantitative estimate of drug-likeness (QED) is 0.327. The monoisotopic (exact) mass is 583 g/mol. The number of nitrogens with one attached hydrogen (secondary N) is 2. The Kier molecular flexibility index (Phi) is 8.41. The summed E-state index contributed by atoms with van der Waals surface area (Å²) in [7, 11) is 0. The summed E-state index contributed by atoms with van der Waals surface area (Å²) in [6.45, 7) is 0.429. The van der Waals surface area contributed by atoms with Crippen LogP contribution in [0.5, 0.6) is 0 Å². The predicted molar refractivity (Wildman–Crippen MR) is 146 cm³/mol. The van der Waals surface area contributed by atoms with Gasteiger partial charge < -0.3 is 25.8 Å². The summed E-state index contributed by atoms with van der Waals surface area (Å²) in [5.41, 5.74) is 7.10. The lowest BCUT2D eigenvalue weighted by Gasteiger charge is -2.43. The van der Waals surface area contributed by atoms with Crippen LogP contribution < -0.4 is 16.4 Å². The van der Waals surface area contributed by atoms with Crippen molar-refractivity contribution >= 4 is 46.9 Å². The standard InChI is InChI=1S/C28H30ClN5O7/c29-18-13-17(8-9-19(18)30)25(37)31-20-10-11-23(35)33-12-4-7-22(34(33)27(20)39)26(38)32-21-14-24(36)41-28(21)40-15-16-5-2-1-3-6-16/h1-3,5-6,8-9,13,20-22,28H,4,7,10-12,14-15,30H2,(H,31,37)(H,32,38)/t20-,21-,22-,28?/m0/s1. The van der Waals surface area contributed by atoms with E-state index >= 15 is 0 Å². The molecule has 2 aromatic rings. The van der Waals surface area contributed by atoms with Gasteiger partial charge in [-0.25, -0.2) is 5.01 Å². The first-order chi connectivity index (χ1) is 19.7. The topological polar surface area (TPSA) is 160 Å². The molecule has 3 aliphatic heterocycles. The van der Waals surface area contributed by atoms with Gasteiger partial charge >= 0.3 is 5.97 Å². The molecule has 0 saturated carbocycles. The van der Waals surface area contributed by atoms with Gasteiger partial charge in [-0.3, -0.25) is 29.0 Å². The zero-order valence-electron chi connectivity index (χ0n) is 22.1. The second kappa shape index (κ2) is 12.1. The zero-order chi connectivity index (χ0) is 29.1. The third-order valence-corrected chi connectivity index (χ3v) is 7.61. The number of esters is 1. The van der Waals surface area contributed by atoms with Crippen LogP contribution in [0.15, 0.2) is 48.5 Å². The van der Waals surface area contributed by atoms with Gasteiger partial charge in [-0.15, -0.1) is 0 Å². The number of carbonyl (C=O) groups is 5. The lowest BCUT2D eigenvalue weighted by molar-refractivity contribution is -0.177. The number of hydrogen-bond donors (Lipinski definition) is 3. The third kappa shape index (κ3) is 6.28. The molecular weight excluding hydrogens is 554 g/mol. The van der Waals surface area contributed by atoms with Crippen LogP contribution >= 0.6 is 11.6 Å². The lowest BCUT2D eigenvalue weighted by atomic mass is 10.0. The highest BCUT2D eigenvalue weighted by atomic mass is 35.5. The van der Waals surface area contributed by atoms with Crippen molar-refractivity contribution < 1.29 is 33.4 Å². The van der Waals surface area contributed by atoms with E-state index in [1.54, 1.807) is 0 Å². The van der Waals surface area contributed by atoms with Crippen molar-refractivity contribution in [2.24, 2.45) is 0 Å². The van der Waals surface area contributed by atoms with Gasteiger partial charge in [0.25, 0.3) is 11.8 Å². The van der Waals surface area contributed by atoms with E-state index in [0.717, 1.165) is 10.6 Å². The molecule has 12 nitrogen and oxygen atoms in total. The van der Waals surface area contributed by atoms with Crippen LogP contribution in [-0.4, -0.2) is 70.6 Å². The molecule has 5 rings (SSSR count). The van der Waals surface area contributed by atoms with Gasteiger partial charge in [-0.1, -0.05) is 41.9 Å². The highest BCUT2D eigenvalue weighted by molar-refractivity contribution is 6.33. The van der Waals surface area contributed by atoms with Crippen LogP contribution in [0.4, 0.5) is 5.69 Å². The molecular formula is C28H30ClN5O7. The van der Waals surface area contributed by atoms with Crippen molar-refractivity contribution in [1.82, 2.24) is 20.7 Å². The fourth-order valence-corrected chi connectivity index (χ4v) is 5.33. The summed E-state index contributed by atoms with van der Waals surface area (Å²) in [5, 5.41) is 8.09. The Bertz CT molecular complexity index is 1360. The number of nitrogens with zero attached hydrogens (tertiary/aromatic N) is 2. The molecule has 0 aliphatic carbocycles. The van der Waals surface area contributed by atoms with E-state index in [1.807, 2.05) is 30.3 Å². The van der Waals surface area contributed by atoms with Gasteiger partial charge in [0.2, 0.25) is 18.1 Å². The molecule has 3 aliphatic rings. The number of carbonyl (C=O) groups excluding carboxylic acids is 5. The molecule has 13 heteroatoms. The first kappa shape index (κ1) is 28.4. The largest absolute Gasteiger partial charge is 0.433 e. The number of ether oxygens (including phenoxy) is 2. The molecule has 41 heavy (non-hydrogen) atoms. The van der Waals surface area contributed by atoms with Crippen LogP contribution in [0.25, 0.3) is 0 Å². The molecule has 1 unspecified atom stereocenters. The molecule has 2 aromatic carbocycles. The number of hydrazine groups is 1. The number of anilines is 1.